The predicted molar refractivity (Wildman–Crippen MR) is 32.5 cm³/mol. The minimum Gasteiger partial charge on any atom is -0.505 e. The van der Waals surface area contributed by atoms with Crippen LogP contribution >= 0.6 is 0 Å². The van der Waals surface area contributed by atoms with Gasteiger partial charge in [0.15, 0.2) is 11.9 Å². The molecule has 10 heavy (non-hydrogen) atoms. The number of aliphatic hydroxyl groups excluding tert-OH is 2. The molecule has 2 N–H and O–H groups in total. The number of cyclic esters (lactones) is 1. The van der Waals surface area contributed by atoms with E-state index in [-0.39, 0.29) is 5.76 Å². The zero-order valence-corrected chi connectivity index (χ0v) is 5.50. The topological polar surface area (TPSA) is 66.8 Å². The number of carbonyl (C=O) groups excluding carboxylic acids is 1. The van der Waals surface area contributed by atoms with Crippen molar-refractivity contribution in [3.8, 4) is 0 Å². The van der Waals surface area contributed by atoms with E-state index in [1.54, 1.807) is 6.92 Å². The fourth-order valence-corrected chi connectivity index (χ4v) is 0.775. The maximum Gasteiger partial charge on any atom is 0.377 e. The number of hydrogen-bond donors (Lipinski definition) is 2. The summed E-state index contributed by atoms with van der Waals surface area (Å²) in [5.41, 5.74) is 0. The zero-order chi connectivity index (χ0) is 7.72. The Bertz CT molecular complexity index is 194. The van der Waals surface area contributed by atoms with Crippen molar-refractivity contribution in [2.45, 2.75) is 19.4 Å². The van der Waals surface area contributed by atoms with Crippen LogP contribution in [0.1, 0.15) is 13.3 Å². The number of aliphatic hydroxyl groups is 2. The molecule has 0 saturated heterocycles. The first-order chi connectivity index (χ1) is 4.66. The number of ether oxygens (including phenoxy) is 1. The Morgan fingerprint density at radius 3 is 2.40 bits per heavy atom. The highest BCUT2D eigenvalue weighted by atomic mass is 16.6. The maximum atomic E-state index is 10.5. The molecular weight excluding hydrogens is 136 g/mol. The summed E-state index contributed by atoms with van der Waals surface area (Å²) in [6.45, 7) is 1.74. The molecule has 1 aliphatic rings. The Morgan fingerprint density at radius 1 is 1.60 bits per heavy atom. The van der Waals surface area contributed by atoms with Crippen LogP contribution in [0, 0.1) is 0 Å². The summed E-state index contributed by atoms with van der Waals surface area (Å²) < 4.78 is 4.52. The molecule has 0 aromatic rings. The van der Waals surface area contributed by atoms with Crippen LogP contribution in [0.2, 0.25) is 0 Å². The van der Waals surface area contributed by atoms with Gasteiger partial charge in [0.25, 0.3) is 0 Å². The molecule has 1 rings (SSSR count). The molecule has 0 radical (unpaired) electrons. The third kappa shape index (κ3) is 0.814. The molecule has 0 bridgehead atoms. The first kappa shape index (κ1) is 6.92. The fraction of sp³-hybridized carbons (Fsp3) is 0.500. The van der Waals surface area contributed by atoms with Crippen molar-refractivity contribution in [3.63, 3.8) is 0 Å². The fourth-order valence-electron chi connectivity index (χ4n) is 0.775. The predicted octanol–water partition coefficient (Wildman–Crippen LogP) is 0.649. The van der Waals surface area contributed by atoms with Gasteiger partial charge in [-0.05, 0) is 6.42 Å². The van der Waals surface area contributed by atoms with Gasteiger partial charge >= 0.3 is 5.97 Å². The second-order valence-corrected chi connectivity index (χ2v) is 2.04. The quantitative estimate of drug-likeness (QED) is 0.530. The van der Waals surface area contributed by atoms with E-state index in [1.165, 1.54) is 0 Å². The minimum absolute atomic E-state index is 0.354. The van der Waals surface area contributed by atoms with Crippen molar-refractivity contribution in [1.29, 1.82) is 0 Å². The van der Waals surface area contributed by atoms with Gasteiger partial charge in [0.2, 0.25) is 5.76 Å². The summed E-state index contributed by atoms with van der Waals surface area (Å²) >= 11 is 0. The van der Waals surface area contributed by atoms with Gasteiger partial charge in [-0.1, -0.05) is 6.92 Å². The van der Waals surface area contributed by atoms with Crippen LogP contribution in [-0.2, 0) is 9.53 Å². The summed E-state index contributed by atoms with van der Waals surface area (Å²) in [6, 6.07) is 0. The van der Waals surface area contributed by atoms with Crippen molar-refractivity contribution in [2.24, 2.45) is 0 Å². The highest BCUT2D eigenvalue weighted by Gasteiger charge is 2.32. The molecule has 1 unspecified atom stereocenters. The third-order valence-corrected chi connectivity index (χ3v) is 1.36. The average Bonchev–Trinajstić information content (AvgIpc) is 2.17. The van der Waals surface area contributed by atoms with E-state index in [4.69, 9.17) is 10.2 Å². The molecule has 0 spiro atoms. The minimum atomic E-state index is -0.843. The van der Waals surface area contributed by atoms with Gasteiger partial charge in [-0.25, -0.2) is 4.79 Å². The highest BCUT2D eigenvalue weighted by Crippen LogP contribution is 2.20. The van der Waals surface area contributed by atoms with Gasteiger partial charge in [0.05, 0.1) is 0 Å². The summed E-state index contributed by atoms with van der Waals surface area (Å²) in [5.74, 6) is -1.86. The highest BCUT2D eigenvalue weighted by molar-refractivity contribution is 5.88. The Morgan fingerprint density at radius 2 is 2.20 bits per heavy atom. The second-order valence-electron chi connectivity index (χ2n) is 2.04. The lowest BCUT2D eigenvalue weighted by Gasteiger charge is -2.03. The first-order valence-electron chi connectivity index (χ1n) is 3.00. The second kappa shape index (κ2) is 2.21. The largest absolute Gasteiger partial charge is 0.505 e. The Kier molecular flexibility index (Phi) is 1.53. The van der Waals surface area contributed by atoms with E-state index in [0.717, 1.165) is 0 Å². The molecule has 0 amide bonds. The molecule has 1 atom stereocenters. The molecule has 4 nitrogen and oxygen atoms in total. The lowest BCUT2D eigenvalue weighted by Crippen LogP contribution is -2.09. The molecule has 0 aromatic heterocycles. The van der Waals surface area contributed by atoms with Crippen LogP contribution in [0.3, 0.4) is 0 Å². The SMILES string of the molecule is CCC1OC(=O)C(O)=C1O. The third-order valence-electron chi connectivity index (χ3n) is 1.36. The zero-order valence-electron chi connectivity index (χ0n) is 5.50. The molecule has 0 aliphatic carbocycles. The van der Waals surface area contributed by atoms with Crippen LogP contribution in [0.25, 0.3) is 0 Å². The molecule has 1 aliphatic heterocycles. The van der Waals surface area contributed by atoms with Gasteiger partial charge in [0, 0.05) is 0 Å². The average molecular weight is 144 g/mol. The normalized spacial score (nSPS) is 25.3. The van der Waals surface area contributed by atoms with E-state index in [9.17, 15) is 4.79 Å². The summed E-state index contributed by atoms with van der Waals surface area (Å²) in [7, 11) is 0. The van der Waals surface area contributed by atoms with Crippen molar-refractivity contribution in [2.75, 3.05) is 0 Å². The van der Waals surface area contributed by atoms with Gasteiger partial charge in [0.1, 0.15) is 0 Å². The van der Waals surface area contributed by atoms with E-state index in [2.05, 4.69) is 4.74 Å². The number of carbonyl (C=O) groups is 1. The lowest BCUT2D eigenvalue weighted by molar-refractivity contribution is -0.142. The summed E-state index contributed by atoms with van der Waals surface area (Å²) in [4.78, 5) is 10.5. The Balaban J connectivity index is 2.83. The van der Waals surface area contributed by atoms with Crippen LogP contribution in [0.15, 0.2) is 11.5 Å². The van der Waals surface area contributed by atoms with Crippen molar-refractivity contribution in [1.82, 2.24) is 0 Å². The Hall–Kier alpha value is -1.19. The monoisotopic (exact) mass is 144 g/mol. The van der Waals surface area contributed by atoms with Crippen molar-refractivity contribution >= 4 is 5.97 Å². The van der Waals surface area contributed by atoms with E-state index >= 15 is 0 Å². The van der Waals surface area contributed by atoms with E-state index < -0.39 is 17.8 Å². The van der Waals surface area contributed by atoms with Gasteiger partial charge in [-0.3, -0.25) is 0 Å². The van der Waals surface area contributed by atoms with Crippen LogP contribution in [0.4, 0.5) is 0 Å². The van der Waals surface area contributed by atoms with Crippen LogP contribution in [0.5, 0.6) is 0 Å². The first-order valence-corrected chi connectivity index (χ1v) is 3.00. The van der Waals surface area contributed by atoms with Crippen molar-refractivity contribution < 1.29 is 19.7 Å². The number of rotatable bonds is 1. The van der Waals surface area contributed by atoms with Gasteiger partial charge < -0.3 is 14.9 Å². The van der Waals surface area contributed by atoms with Crippen LogP contribution in [-0.4, -0.2) is 22.3 Å². The van der Waals surface area contributed by atoms with E-state index in [1.807, 2.05) is 0 Å². The van der Waals surface area contributed by atoms with Gasteiger partial charge in [-0.15, -0.1) is 0 Å². The standard InChI is InChI=1S/C6H8O4/c1-2-3-4(7)5(8)6(9)10-3/h3,7-8H,2H2,1H3. The smallest absolute Gasteiger partial charge is 0.377 e. The molecule has 1 heterocycles. The molecule has 4 heteroatoms. The van der Waals surface area contributed by atoms with Crippen molar-refractivity contribution in [3.05, 3.63) is 11.5 Å². The molecule has 56 valence electrons. The lowest BCUT2D eigenvalue weighted by atomic mass is 10.2. The van der Waals surface area contributed by atoms with E-state index in [0.29, 0.717) is 6.42 Å². The summed E-state index contributed by atoms with van der Waals surface area (Å²) in [5, 5.41) is 17.6. The molecular formula is C6H8O4. The number of esters is 1. The Labute approximate surface area is 57.7 Å². The van der Waals surface area contributed by atoms with Gasteiger partial charge in [-0.2, -0.15) is 0 Å². The maximum absolute atomic E-state index is 10.5. The number of hydrogen-bond acceptors (Lipinski definition) is 4. The molecule has 0 saturated carbocycles. The summed E-state index contributed by atoms with van der Waals surface area (Å²) in [6.07, 6.45) is -0.172. The molecule has 0 aromatic carbocycles. The molecule has 0 fully saturated rings. The van der Waals surface area contributed by atoms with Crippen LogP contribution < -0.4 is 0 Å².